The summed E-state index contributed by atoms with van der Waals surface area (Å²) >= 11 is 1.52. The van der Waals surface area contributed by atoms with Crippen LogP contribution in [-0.2, 0) is 0 Å². The van der Waals surface area contributed by atoms with Crippen molar-refractivity contribution in [2.45, 2.75) is 31.8 Å². The molecule has 0 bridgehead atoms. The largest absolute Gasteiger partial charge is 0.381 e. The molecule has 0 saturated carbocycles. The lowest BCUT2D eigenvalue weighted by Gasteiger charge is -2.22. The van der Waals surface area contributed by atoms with E-state index in [4.69, 9.17) is 4.98 Å². The Labute approximate surface area is 183 Å². The van der Waals surface area contributed by atoms with Crippen molar-refractivity contribution in [3.8, 4) is 11.4 Å². The Morgan fingerprint density at radius 3 is 2.87 bits per heavy atom. The van der Waals surface area contributed by atoms with Crippen LogP contribution in [0.15, 0.2) is 30.5 Å². The molecule has 1 saturated heterocycles. The number of amides is 1. The van der Waals surface area contributed by atoms with Gasteiger partial charge in [-0.3, -0.25) is 4.79 Å². The number of piperidine rings is 1. The van der Waals surface area contributed by atoms with Crippen LogP contribution in [0.1, 0.15) is 35.5 Å². The van der Waals surface area contributed by atoms with E-state index in [-0.39, 0.29) is 11.9 Å². The van der Waals surface area contributed by atoms with Crippen LogP contribution in [0, 0.1) is 0 Å². The third-order valence-electron chi connectivity index (χ3n) is 6.15. The van der Waals surface area contributed by atoms with Gasteiger partial charge in [0, 0.05) is 28.1 Å². The summed E-state index contributed by atoms with van der Waals surface area (Å²) in [5.41, 5.74) is 3.41. The molecule has 1 atom stereocenters. The van der Waals surface area contributed by atoms with Crippen LogP contribution in [0.2, 0.25) is 0 Å². The zero-order valence-electron chi connectivity index (χ0n) is 17.2. The fourth-order valence-corrected chi connectivity index (χ4v) is 5.61. The van der Waals surface area contributed by atoms with E-state index in [1.54, 1.807) is 0 Å². The average molecular weight is 434 g/mol. The highest BCUT2D eigenvalue weighted by molar-refractivity contribution is 7.21. The Balaban J connectivity index is 1.42. The average Bonchev–Trinajstić information content (AvgIpc) is 3.40. The molecule has 9 heteroatoms. The normalized spacial score (nSPS) is 19.8. The van der Waals surface area contributed by atoms with E-state index >= 15 is 0 Å². The van der Waals surface area contributed by atoms with Crippen molar-refractivity contribution in [1.29, 1.82) is 0 Å². The van der Waals surface area contributed by atoms with Crippen molar-refractivity contribution in [2.75, 3.05) is 25.0 Å². The second-order valence-corrected chi connectivity index (χ2v) is 9.38. The van der Waals surface area contributed by atoms with E-state index < -0.39 is 0 Å². The maximum atomic E-state index is 12.6. The molecule has 0 radical (unpaired) electrons. The van der Waals surface area contributed by atoms with E-state index in [2.05, 4.69) is 38.4 Å². The van der Waals surface area contributed by atoms with Gasteiger partial charge in [-0.05, 0) is 57.1 Å². The van der Waals surface area contributed by atoms with Crippen molar-refractivity contribution >= 4 is 43.9 Å². The Morgan fingerprint density at radius 1 is 1.13 bits per heavy atom. The molecule has 3 aromatic heterocycles. The molecule has 0 spiro atoms. The highest BCUT2D eigenvalue weighted by Crippen LogP contribution is 2.41. The lowest BCUT2D eigenvalue weighted by Crippen LogP contribution is -2.34. The predicted octanol–water partition coefficient (Wildman–Crippen LogP) is 3.18. The SMILES string of the molecule is C[C@@H]1CNc2c(sc3ccc4nc(-c5cn(C6CCNCC6)nn5)ccc4c23)C(=O)N1. The Kier molecular flexibility index (Phi) is 4.39. The summed E-state index contributed by atoms with van der Waals surface area (Å²) in [6.07, 6.45) is 4.13. The molecule has 8 nitrogen and oxygen atoms in total. The van der Waals surface area contributed by atoms with Crippen molar-refractivity contribution in [2.24, 2.45) is 0 Å². The molecule has 31 heavy (non-hydrogen) atoms. The summed E-state index contributed by atoms with van der Waals surface area (Å²) in [6, 6.07) is 8.65. The molecule has 5 heterocycles. The van der Waals surface area contributed by atoms with E-state index in [9.17, 15) is 4.79 Å². The summed E-state index contributed by atoms with van der Waals surface area (Å²) in [5.74, 6) is -0.0130. The lowest BCUT2D eigenvalue weighted by atomic mass is 10.1. The van der Waals surface area contributed by atoms with E-state index in [0.717, 1.165) is 68.9 Å². The van der Waals surface area contributed by atoms with Gasteiger partial charge in [-0.1, -0.05) is 5.21 Å². The fraction of sp³-hybridized carbons (Fsp3) is 0.364. The third kappa shape index (κ3) is 3.16. The molecule has 2 aliphatic rings. The van der Waals surface area contributed by atoms with Gasteiger partial charge in [-0.25, -0.2) is 9.67 Å². The molecule has 1 aromatic carbocycles. The first-order valence-corrected chi connectivity index (χ1v) is 11.5. The summed E-state index contributed by atoms with van der Waals surface area (Å²) in [6.45, 7) is 4.73. The molecular formula is C22H23N7OS. The number of aromatic nitrogens is 4. The van der Waals surface area contributed by atoms with Gasteiger partial charge < -0.3 is 16.0 Å². The number of pyridine rings is 1. The summed E-state index contributed by atoms with van der Waals surface area (Å²) in [4.78, 5) is 18.2. The molecule has 1 fully saturated rings. The molecule has 3 N–H and O–H groups in total. The number of nitrogens with one attached hydrogen (secondary N) is 3. The van der Waals surface area contributed by atoms with E-state index in [0.29, 0.717) is 12.6 Å². The second-order valence-electron chi connectivity index (χ2n) is 8.33. The zero-order valence-corrected chi connectivity index (χ0v) is 18.0. The number of thiophene rings is 1. The van der Waals surface area contributed by atoms with Crippen LogP contribution in [-0.4, -0.2) is 51.6 Å². The van der Waals surface area contributed by atoms with Gasteiger partial charge in [0.15, 0.2) is 0 Å². The van der Waals surface area contributed by atoms with Crippen LogP contribution in [0.3, 0.4) is 0 Å². The quantitative estimate of drug-likeness (QED) is 0.449. The van der Waals surface area contributed by atoms with Gasteiger partial charge in [-0.15, -0.1) is 16.4 Å². The topological polar surface area (TPSA) is 96.8 Å². The number of fused-ring (bicyclic) bond motifs is 5. The number of carbonyl (C=O) groups is 1. The maximum absolute atomic E-state index is 12.6. The van der Waals surface area contributed by atoms with Crippen LogP contribution >= 0.6 is 11.3 Å². The first kappa shape index (κ1) is 18.7. The molecule has 0 aliphatic carbocycles. The molecular weight excluding hydrogens is 410 g/mol. The predicted molar refractivity (Wildman–Crippen MR) is 123 cm³/mol. The molecule has 6 rings (SSSR count). The second kappa shape index (κ2) is 7.28. The lowest BCUT2D eigenvalue weighted by molar-refractivity contribution is 0.0949. The van der Waals surface area contributed by atoms with Crippen LogP contribution in [0.5, 0.6) is 0 Å². The highest BCUT2D eigenvalue weighted by Gasteiger charge is 2.25. The van der Waals surface area contributed by atoms with Crippen molar-refractivity contribution in [3.63, 3.8) is 0 Å². The van der Waals surface area contributed by atoms with Crippen molar-refractivity contribution < 1.29 is 4.79 Å². The van der Waals surface area contributed by atoms with Crippen LogP contribution in [0.25, 0.3) is 32.4 Å². The molecule has 1 amide bonds. The van der Waals surface area contributed by atoms with Crippen molar-refractivity contribution in [3.05, 3.63) is 35.3 Å². The standard InChI is InChI=1S/C22H23N7OS/c1-12-10-24-20-19-14-2-3-16(17-11-29(28-27-17)13-6-8-23-9-7-13)26-15(14)4-5-18(19)31-21(20)22(30)25-12/h2-5,11-13,23-24H,6-10H2,1H3,(H,25,30)/t12-/m1/s1. The van der Waals surface area contributed by atoms with Crippen molar-refractivity contribution in [1.82, 2.24) is 30.6 Å². The Hall–Kier alpha value is -3.04. The van der Waals surface area contributed by atoms with Gasteiger partial charge in [0.05, 0.1) is 29.1 Å². The van der Waals surface area contributed by atoms with Gasteiger partial charge >= 0.3 is 0 Å². The molecule has 2 aliphatic heterocycles. The van der Waals surface area contributed by atoms with Crippen LogP contribution in [0.4, 0.5) is 5.69 Å². The minimum Gasteiger partial charge on any atom is -0.381 e. The van der Waals surface area contributed by atoms with Crippen LogP contribution < -0.4 is 16.0 Å². The number of benzene rings is 1. The Bertz CT molecular complexity index is 1300. The number of nitrogens with zero attached hydrogens (tertiary/aromatic N) is 4. The van der Waals surface area contributed by atoms with Gasteiger partial charge in [0.2, 0.25) is 0 Å². The van der Waals surface area contributed by atoms with Gasteiger partial charge in [-0.2, -0.15) is 0 Å². The summed E-state index contributed by atoms with van der Waals surface area (Å²) in [7, 11) is 0. The zero-order chi connectivity index (χ0) is 20.9. The summed E-state index contributed by atoms with van der Waals surface area (Å²) in [5, 5.41) is 20.8. The monoisotopic (exact) mass is 433 g/mol. The fourth-order valence-electron chi connectivity index (χ4n) is 4.51. The minimum atomic E-state index is -0.0130. The first-order valence-electron chi connectivity index (χ1n) is 10.7. The number of carbonyl (C=O) groups excluding carboxylic acids is 1. The smallest absolute Gasteiger partial charge is 0.263 e. The number of hydrogen-bond donors (Lipinski definition) is 3. The number of anilines is 1. The number of rotatable bonds is 2. The van der Waals surface area contributed by atoms with E-state index in [1.165, 1.54) is 11.3 Å². The number of hydrogen-bond acceptors (Lipinski definition) is 7. The Morgan fingerprint density at radius 2 is 2.00 bits per heavy atom. The molecule has 0 unspecified atom stereocenters. The maximum Gasteiger partial charge on any atom is 0.263 e. The summed E-state index contributed by atoms with van der Waals surface area (Å²) < 4.78 is 3.06. The molecule has 158 valence electrons. The van der Waals surface area contributed by atoms with Gasteiger partial charge in [0.1, 0.15) is 10.6 Å². The first-order chi connectivity index (χ1) is 15.2. The minimum absolute atomic E-state index is 0.0130. The van der Waals surface area contributed by atoms with E-state index in [1.807, 2.05) is 29.9 Å². The third-order valence-corrected chi connectivity index (χ3v) is 7.30. The van der Waals surface area contributed by atoms with Gasteiger partial charge in [0.25, 0.3) is 5.91 Å². The molecule has 4 aromatic rings. The highest BCUT2D eigenvalue weighted by atomic mass is 32.1.